The Labute approximate surface area is 450 Å². The van der Waals surface area contributed by atoms with E-state index in [0.29, 0.717) is 19.3 Å². The number of ether oxygens (including phenoxy) is 3. The molecule has 6 heteroatoms. The molecule has 0 aliphatic heterocycles. The van der Waals surface area contributed by atoms with Crippen LogP contribution in [-0.2, 0) is 28.6 Å². The van der Waals surface area contributed by atoms with Gasteiger partial charge in [0.1, 0.15) is 13.2 Å². The molecule has 0 aliphatic rings. The summed E-state index contributed by atoms with van der Waals surface area (Å²) in [5.41, 5.74) is 0. The number of rotatable bonds is 53. The molecular weight excluding hydrogens is 901 g/mol. The third-order valence-electron chi connectivity index (χ3n) is 12.4. The van der Waals surface area contributed by atoms with E-state index < -0.39 is 6.10 Å². The van der Waals surface area contributed by atoms with E-state index in [1.807, 2.05) is 6.08 Å². The van der Waals surface area contributed by atoms with E-state index in [1.54, 1.807) is 0 Å². The summed E-state index contributed by atoms with van der Waals surface area (Å²) in [6, 6.07) is 0. The lowest BCUT2D eigenvalue weighted by atomic mass is 10.1. The summed E-state index contributed by atoms with van der Waals surface area (Å²) in [6.07, 6.45) is 83.5. The second-order valence-corrected chi connectivity index (χ2v) is 19.5. The van der Waals surface area contributed by atoms with Crippen molar-refractivity contribution in [3.63, 3.8) is 0 Å². The van der Waals surface area contributed by atoms with Gasteiger partial charge in [-0.2, -0.15) is 0 Å². The molecule has 0 spiro atoms. The van der Waals surface area contributed by atoms with Crippen LogP contribution < -0.4 is 0 Å². The van der Waals surface area contributed by atoms with Gasteiger partial charge in [0.05, 0.1) is 0 Å². The van der Waals surface area contributed by atoms with E-state index in [4.69, 9.17) is 14.2 Å². The Morgan fingerprint density at radius 2 is 0.562 bits per heavy atom. The van der Waals surface area contributed by atoms with Crippen molar-refractivity contribution in [2.24, 2.45) is 0 Å². The van der Waals surface area contributed by atoms with Crippen molar-refractivity contribution in [1.82, 2.24) is 0 Å². The number of carbonyl (C=O) groups is 3. The number of hydrogen-bond acceptors (Lipinski definition) is 6. The predicted molar refractivity (Wildman–Crippen MR) is 316 cm³/mol. The Bertz CT molecular complexity index is 1540. The summed E-state index contributed by atoms with van der Waals surface area (Å²) in [5, 5.41) is 0. The second kappa shape index (κ2) is 60.4. The highest BCUT2D eigenvalue weighted by Crippen LogP contribution is 2.15. The van der Waals surface area contributed by atoms with Gasteiger partial charge in [-0.15, -0.1) is 0 Å². The number of allylic oxidation sites excluding steroid dienone is 20. The van der Waals surface area contributed by atoms with Crippen molar-refractivity contribution >= 4 is 17.9 Å². The van der Waals surface area contributed by atoms with E-state index in [0.717, 1.165) is 116 Å². The zero-order valence-corrected chi connectivity index (χ0v) is 47.4. The van der Waals surface area contributed by atoms with Crippen LogP contribution >= 0.6 is 0 Å². The zero-order valence-electron chi connectivity index (χ0n) is 47.4. The van der Waals surface area contributed by atoms with E-state index in [9.17, 15) is 14.4 Å². The first-order chi connectivity index (χ1) is 36.0. The average Bonchev–Trinajstić information content (AvgIpc) is 3.39. The van der Waals surface area contributed by atoms with Crippen molar-refractivity contribution in [1.29, 1.82) is 0 Å². The van der Waals surface area contributed by atoms with Crippen molar-refractivity contribution in [2.75, 3.05) is 13.2 Å². The molecule has 0 radical (unpaired) electrons. The molecule has 6 nitrogen and oxygen atoms in total. The molecule has 0 fully saturated rings. The minimum Gasteiger partial charge on any atom is -0.462 e. The van der Waals surface area contributed by atoms with Crippen molar-refractivity contribution in [3.8, 4) is 0 Å². The number of hydrogen-bond donors (Lipinski definition) is 0. The van der Waals surface area contributed by atoms with Crippen LogP contribution in [0.25, 0.3) is 0 Å². The zero-order chi connectivity index (χ0) is 52.9. The van der Waals surface area contributed by atoms with E-state index in [2.05, 4.69) is 136 Å². The molecule has 0 amide bonds. The minimum absolute atomic E-state index is 0.114. The first kappa shape index (κ1) is 68.8. The quantitative estimate of drug-likeness (QED) is 0.0261. The standard InChI is InChI=1S/C67H110O6/c1-4-7-10-13-16-19-22-25-27-29-31-33-35-37-39-42-45-48-51-54-57-60-66(69)72-63-64(62-71-65(68)59-56-53-50-47-44-41-24-21-18-15-12-9-6-3)73-67(70)61-58-55-52-49-46-43-40-38-36-34-32-30-28-26-23-20-17-14-11-8-5-2/h7,9-10,12,16,18-19,21,25,27,30-33,37,39,41,44,50,53,64H,4-6,8,11,13-15,17,20,22-24,26,28-29,34-36,38,40,42-43,45-49,51-52,54-63H2,1-3H3/b10-7-,12-9-,19-16-,21-18-,27-25-,32-30-,33-31-,39-37-,44-41-,53-50-. The van der Waals surface area contributed by atoms with Gasteiger partial charge in [-0.1, -0.05) is 251 Å². The van der Waals surface area contributed by atoms with Crippen LogP contribution in [0, 0.1) is 0 Å². The Hall–Kier alpha value is -4.19. The smallest absolute Gasteiger partial charge is 0.306 e. The predicted octanol–water partition coefficient (Wildman–Crippen LogP) is 20.4. The molecule has 0 aromatic heterocycles. The van der Waals surface area contributed by atoms with Crippen molar-refractivity contribution in [3.05, 3.63) is 122 Å². The minimum atomic E-state index is -0.820. The summed E-state index contributed by atoms with van der Waals surface area (Å²) < 4.78 is 16.8. The fourth-order valence-corrected chi connectivity index (χ4v) is 8.01. The molecule has 0 rings (SSSR count). The Morgan fingerprint density at radius 1 is 0.288 bits per heavy atom. The van der Waals surface area contributed by atoms with Gasteiger partial charge in [-0.25, -0.2) is 0 Å². The molecule has 414 valence electrons. The first-order valence-electron chi connectivity index (χ1n) is 30.0. The second-order valence-electron chi connectivity index (χ2n) is 19.5. The molecule has 0 saturated heterocycles. The van der Waals surface area contributed by atoms with Gasteiger partial charge in [0.15, 0.2) is 6.10 Å². The van der Waals surface area contributed by atoms with Crippen LogP contribution in [0.5, 0.6) is 0 Å². The van der Waals surface area contributed by atoms with Gasteiger partial charge in [0, 0.05) is 19.3 Å². The summed E-state index contributed by atoms with van der Waals surface area (Å²) in [6.45, 7) is 6.33. The number of unbranched alkanes of at least 4 members (excludes halogenated alkanes) is 22. The lowest BCUT2D eigenvalue weighted by Gasteiger charge is -2.18. The molecule has 0 aromatic carbocycles. The summed E-state index contributed by atoms with van der Waals surface area (Å²) in [5.74, 6) is -1.02. The third-order valence-corrected chi connectivity index (χ3v) is 12.4. The molecule has 73 heavy (non-hydrogen) atoms. The lowest BCUT2D eigenvalue weighted by Crippen LogP contribution is -2.30. The Morgan fingerprint density at radius 3 is 0.932 bits per heavy atom. The van der Waals surface area contributed by atoms with Gasteiger partial charge in [-0.3, -0.25) is 14.4 Å². The molecule has 0 N–H and O–H groups in total. The Kier molecular flexibility index (Phi) is 56.9. The van der Waals surface area contributed by atoms with Crippen LogP contribution in [0.1, 0.15) is 265 Å². The highest BCUT2D eigenvalue weighted by atomic mass is 16.6. The molecule has 0 aliphatic carbocycles. The molecule has 0 aromatic rings. The van der Waals surface area contributed by atoms with E-state index >= 15 is 0 Å². The summed E-state index contributed by atoms with van der Waals surface area (Å²) in [4.78, 5) is 38.2. The lowest BCUT2D eigenvalue weighted by molar-refractivity contribution is -0.166. The molecule has 1 atom stereocenters. The monoisotopic (exact) mass is 1010 g/mol. The largest absolute Gasteiger partial charge is 0.462 e. The average molecular weight is 1010 g/mol. The number of esters is 3. The third kappa shape index (κ3) is 58.6. The molecule has 0 bridgehead atoms. The highest BCUT2D eigenvalue weighted by Gasteiger charge is 2.19. The number of carbonyl (C=O) groups excluding carboxylic acids is 3. The van der Waals surface area contributed by atoms with E-state index in [-0.39, 0.29) is 37.5 Å². The van der Waals surface area contributed by atoms with Crippen LogP contribution in [0.4, 0.5) is 0 Å². The molecule has 0 saturated carbocycles. The molecule has 1 unspecified atom stereocenters. The van der Waals surface area contributed by atoms with Gasteiger partial charge in [0.25, 0.3) is 0 Å². The maximum Gasteiger partial charge on any atom is 0.306 e. The van der Waals surface area contributed by atoms with Crippen LogP contribution in [0.2, 0.25) is 0 Å². The van der Waals surface area contributed by atoms with Crippen LogP contribution in [0.3, 0.4) is 0 Å². The summed E-state index contributed by atoms with van der Waals surface area (Å²) >= 11 is 0. The topological polar surface area (TPSA) is 78.9 Å². The fraction of sp³-hybridized carbons (Fsp3) is 0.657. The van der Waals surface area contributed by atoms with Crippen molar-refractivity contribution in [2.45, 2.75) is 271 Å². The van der Waals surface area contributed by atoms with Gasteiger partial charge >= 0.3 is 17.9 Å². The maximum atomic E-state index is 12.9. The Balaban J connectivity index is 4.45. The highest BCUT2D eigenvalue weighted by molar-refractivity contribution is 5.71. The fourth-order valence-electron chi connectivity index (χ4n) is 8.01. The normalized spacial score (nSPS) is 13.0. The van der Waals surface area contributed by atoms with Crippen LogP contribution in [-0.4, -0.2) is 37.2 Å². The SMILES string of the molecule is CC/C=C\C/C=C\C/C=C\C/C=C\C/C=C\CCCCCCCC(=O)OCC(COC(=O)CC/C=C\C/C=C\C/C=C\C/C=C\CC)OC(=O)CCCCCCCCCCC/C=C\CCCCCCCCCC. The molecule has 0 heterocycles. The van der Waals surface area contributed by atoms with Gasteiger partial charge in [0.2, 0.25) is 0 Å². The van der Waals surface area contributed by atoms with Gasteiger partial charge in [-0.05, 0) is 116 Å². The van der Waals surface area contributed by atoms with Crippen molar-refractivity contribution < 1.29 is 28.6 Å². The summed E-state index contributed by atoms with van der Waals surface area (Å²) in [7, 11) is 0. The van der Waals surface area contributed by atoms with Gasteiger partial charge < -0.3 is 14.2 Å². The van der Waals surface area contributed by atoms with E-state index in [1.165, 1.54) is 103 Å². The maximum absolute atomic E-state index is 12.9. The molecular formula is C67H110O6. The van der Waals surface area contributed by atoms with Crippen LogP contribution in [0.15, 0.2) is 122 Å². The first-order valence-corrected chi connectivity index (χ1v) is 30.0.